The highest BCUT2D eigenvalue weighted by atomic mass is 16.2. The average Bonchev–Trinajstić information content (AvgIpc) is 1.99. The molecule has 1 heterocycles. The van der Waals surface area contributed by atoms with Gasteiger partial charge in [-0.05, 0) is 0 Å². The number of amides is 3. The van der Waals surface area contributed by atoms with Gasteiger partial charge in [-0.15, -0.1) is 0 Å². The minimum atomic E-state index is -0.440. The summed E-state index contributed by atoms with van der Waals surface area (Å²) >= 11 is 0. The number of rotatable bonds is 2. The third kappa shape index (κ3) is 1.89. The molecular formula is C7H14N4O2. The van der Waals surface area contributed by atoms with Crippen LogP contribution in [-0.2, 0) is 4.79 Å². The third-order valence-corrected chi connectivity index (χ3v) is 2.29. The molecule has 0 unspecified atom stereocenters. The number of nitrogens with zero attached hydrogens (tertiary/aromatic N) is 2. The Balaban J connectivity index is 2.34. The van der Waals surface area contributed by atoms with Crippen LogP contribution in [0.2, 0.25) is 0 Å². The molecule has 0 aliphatic carbocycles. The number of likely N-dealkylation sites (N-methyl/N-ethyl adjacent to an activating group) is 1. The van der Waals surface area contributed by atoms with Crippen LogP contribution in [0.4, 0.5) is 4.79 Å². The van der Waals surface area contributed by atoms with Crippen molar-refractivity contribution in [3.63, 3.8) is 0 Å². The van der Waals surface area contributed by atoms with Gasteiger partial charge in [0.15, 0.2) is 0 Å². The predicted molar refractivity (Wildman–Crippen MR) is 46.8 cm³/mol. The van der Waals surface area contributed by atoms with Crippen molar-refractivity contribution in [2.24, 2.45) is 11.5 Å². The van der Waals surface area contributed by atoms with Gasteiger partial charge in [-0.25, -0.2) is 4.79 Å². The maximum atomic E-state index is 11.1. The van der Waals surface area contributed by atoms with Gasteiger partial charge < -0.3 is 21.3 Å². The van der Waals surface area contributed by atoms with E-state index in [0.29, 0.717) is 13.1 Å². The minimum absolute atomic E-state index is 0.00354. The summed E-state index contributed by atoms with van der Waals surface area (Å²) in [7, 11) is 1.68. The second-order valence-electron chi connectivity index (χ2n) is 3.11. The van der Waals surface area contributed by atoms with Crippen molar-refractivity contribution in [3.8, 4) is 0 Å². The fourth-order valence-corrected chi connectivity index (χ4v) is 1.23. The van der Waals surface area contributed by atoms with E-state index < -0.39 is 6.03 Å². The van der Waals surface area contributed by atoms with E-state index in [4.69, 9.17) is 11.5 Å². The Hall–Kier alpha value is -1.30. The number of carbonyl (C=O) groups excluding carboxylic acids is 2. The van der Waals surface area contributed by atoms with E-state index in [9.17, 15) is 9.59 Å². The monoisotopic (exact) mass is 186 g/mol. The Morgan fingerprint density at radius 1 is 1.54 bits per heavy atom. The van der Waals surface area contributed by atoms with Crippen LogP contribution in [0, 0.1) is 0 Å². The summed E-state index contributed by atoms with van der Waals surface area (Å²) in [6.45, 7) is 1.03. The molecule has 0 aromatic rings. The molecule has 1 rings (SSSR count). The lowest BCUT2D eigenvalue weighted by Gasteiger charge is -2.42. The summed E-state index contributed by atoms with van der Waals surface area (Å²) in [6.07, 6.45) is 0. The van der Waals surface area contributed by atoms with Crippen molar-refractivity contribution in [2.75, 3.05) is 26.7 Å². The standard InChI is InChI=1S/C7H14N4O2/c1-10(6(12)2-8)5-3-11(4-5)7(9)13/h5H,2-4,8H2,1H3,(H2,9,13). The van der Waals surface area contributed by atoms with Gasteiger partial charge in [-0.1, -0.05) is 0 Å². The largest absolute Gasteiger partial charge is 0.351 e. The zero-order valence-electron chi connectivity index (χ0n) is 7.56. The Kier molecular flexibility index (Phi) is 2.72. The molecule has 74 valence electrons. The molecule has 0 radical (unpaired) electrons. The van der Waals surface area contributed by atoms with Crippen LogP contribution >= 0.6 is 0 Å². The normalized spacial score (nSPS) is 16.6. The molecule has 1 saturated heterocycles. The van der Waals surface area contributed by atoms with Gasteiger partial charge in [-0.2, -0.15) is 0 Å². The molecule has 0 atom stereocenters. The van der Waals surface area contributed by atoms with E-state index in [1.807, 2.05) is 0 Å². The summed E-state index contributed by atoms with van der Waals surface area (Å²) in [6, 6.07) is -0.367. The SMILES string of the molecule is CN(C(=O)CN)C1CN(C(N)=O)C1. The highest BCUT2D eigenvalue weighted by molar-refractivity contribution is 5.79. The molecule has 0 bridgehead atoms. The van der Waals surface area contributed by atoms with Crippen molar-refractivity contribution in [2.45, 2.75) is 6.04 Å². The highest BCUT2D eigenvalue weighted by Gasteiger charge is 2.33. The van der Waals surface area contributed by atoms with E-state index in [-0.39, 0.29) is 18.5 Å². The fourth-order valence-electron chi connectivity index (χ4n) is 1.23. The molecule has 0 spiro atoms. The molecule has 3 amide bonds. The number of carbonyl (C=O) groups is 2. The molecule has 0 aromatic heterocycles. The summed E-state index contributed by atoms with van der Waals surface area (Å²) in [5, 5.41) is 0. The first kappa shape index (κ1) is 9.79. The smallest absolute Gasteiger partial charge is 0.314 e. The maximum absolute atomic E-state index is 11.1. The minimum Gasteiger partial charge on any atom is -0.351 e. The van der Waals surface area contributed by atoms with Crippen molar-refractivity contribution in [1.29, 1.82) is 0 Å². The molecular weight excluding hydrogens is 172 g/mol. The van der Waals surface area contributed by atoms with Crippen LogP contribution in [0.25, 0.3) is 0 Å². The summed E-state index contributed by atoms with van der Waals surface area (Å²) in [5.74, 6) is -0.117. The van der Waals surface area contributed by atoms with E-state index in [0.717, 1.165) is 0 Å². The van der Waals surface area contributed by atoms with Gasteiger partial charge in [0, 0.05) is 20.1 Å². The van der Waals surface area contributed by atoms with Crippen molar-refractivity contribution in [1.82, 2.24) is 9.80 Å². The number of urea groups is 1. The second kappa shape index (κ2) is 3.61. The topological polar surface area (TPSA) is 92.7 Å². The lowest BCUT2D eigenvalue weighted by molar-refractivity contribution is -0.132. The van der Waals surface area contributed by atoms with Crippen LogP contribution in [0.1, 0.15) is 0 Å². The molecule has 6 nitrogen and oxygen atoms in total. The van der Waals surface area contributed by atoms with Gasteiger partial charge in [0.05, 0.1) is 12.6 Å². The van der Waals surface area contributed by atoms with E-state index in [1.165, 1.54) is 4.90 Å². The third-order valence-electron chi connectivity index (χ3n) is 2.29. The second-order valence-corrected chi connectivity index (χ2v) is 3.11. The average molecular weight is 186 g/mol. The predicted octanol–water partition coefficient (Wildman–Crippen LogP) is -1.83. The Morgan fingerprint density at radius 3 is 2.46 bits per heavy atom. The lowest BCUT2D eigenvalue weighted by atomic mass is 10.1. The number of primary amides is 1. The molecule has 1 aliphatic heterocycles. The molecule has 4 N–H and O–H groups in total. The Labute approximate surface area is 76.4 Å². The first-order chi connectivity index (χ1) is 6.06. The lowest BCUT2D eigenvalue weighted by Crippen LogP contribution is -2.63. The van der Waals surface area contributed by atoms with Gasteiger partial charge in [0.2, 0.25) is 5.91 Å². The maximum Gasteiger partial charge on any atom is 0.314 e. The molecule has 1 fully saturated rings. The Morgan fingerprint density at radius 2 is 2.08 bits per heavy atom. The van der Waals surface area contributed by atoms with Crippen LogP contribution in [0.5, 0.6) is 0 Å². The van der Waals surface area contributed by atoms with E-state index in [2.05, 4.69) is 0 Å². The summed E-state index contributed by atoms with van der Waals surface area (Å²) in [5.41, 5.74) is 10.2. The van der Waals surface area contributed by atoms with Gasteiger partial charge >= 0.3 is 6.03 Å². The van der Waals surface area contributed by atoms with Crippen molar-refractivity contribution >= 4 is 11.9 Å². The molecule has 0 saturated carbocycles. The van der Waals surface area contributed by atoms with E-state index >= 15 is 0 Å². The molecule has 0 aromatic carbocycles. The number of nitrogens with two attached hydrogens (primary N) is 2. The highest BCUT2D eigenvalue weighted by Crippen LogP contribution is 2.12. The first-order valence-electron chi connectivity index (χ1n) is 4.06. The molecule has 6 heteroatoms. The quantitative estimate of drug-likeness (QED) is 0.531. The molecule has 13 heavy (non-hydrogen) atoms. The van der Waals surface area contributed by atoms with Crippen LogP contribution in [0.3, 0.4) is 0 Å². The van der Waals surface area contributed by atoms with Crippen molar-refractivity contribution < 1.29 is 9.59 Å². The fraction of sp³-hybridized carbons (Fsp3) is 0.714. The van der Waals surface area contributed by atoms with Crippen LogP contribution in [-0.4, -0.2) is 54.5 Å². The number of hydrogen-bond donors (Lipinski definition) is 2. The van der Waals surface area contributed by atoms with E-state index in [1.54, 1.807) is 11.9 Å². The summed E-state index contributed by atoms with van der Waals surface area (Å²) < 4.78 is 0. The number of hydrogen-bond acceptors (Lipinski definition) is 3. The molecule has 1 aliphatic rings. The van der Waals surface area contributed by atoms with Gasteiger partial charge in [-0.3, -0.25) is 4.79 Å². The number of likely N-dealkylation sites (tertiary alicyclic amines) is 1. The van der Waals surface area contributed by atoms with Crippen LogP contribution < -0.4 is 11.5 Å². The van der Waals surface area contributed by atoms with Gasteiger partial charge in [0.1, 0.15) is 0 Å². The first-order valence-corrected chi connectivity index (χ1v) is 4.06. The van der Waals surface area contributed by atoms with Crippen molar-refractivity contribution in [3.05, 3.63) is 0 Å². The van der Waals surface area contributed by atoms with Gasteiger partial charge in [0.25, 0.3) is 0 Å². The Bertz CT molecular complexity index is 225. The van der Waals surface area contributed by atoms with Crippen LogP contribution in [0.15, 0.2) is 0 Å². The summed E-state index contributed by atoms with van der Waals surface area (Å²) in [4.78, 5) is 24.7. The zero-order chi connectivity index (χ0) is 10.0. The zero-order valence-corrected chi connectivity index (χ0v) is 7.56.